The number of piperidine rings is 1. The van der Waals surface area contributed by atoms with Crippen molar-refractivity contribution in [2.45, 2.75) is 26.3 Å². The van der Waals surface area contributed by atoms with Gasteiger partial charge in [0.15, 0.2) is 0 Å². The Balaban J connectivity index is 1.73. The highest BCUT2D eigenvalue weighted by molar-refractivity contribution is 7.12. The minimum Gasteiger partial charge on any atom is -0.396 e. The number of carbonyl (C=O) groups is 1. The third-order valence-electron chi connectivity index (χ3n) is 6.18. The van der Waals surface area contributed by atoms with Gasteiger partial charge in [-0.3, -0.25) is 4.79 Å². The molecule has 0 bridgehead atoms. The monoisotopic (exact) mass is 487 g/mol. The number of hydrogen-bond donors (Lipinski definition) is 1. The molecule has 1 atom stereocenters. The molecule has 1 aliphatic heterocycles. The van der Waals surface area contributed by atoms with E-state index < -0.39 is 0 Å². The summed E-state index contributed by atoms with van der Waals surface area (Å²) in [5.74, 6) is 1.10. The summed E-state index contributed by atoms with van der Waals surface area (Å²) in [5, 5.41) is 13.3. The van der Waals surface area contributed by atoms with Gasteiger partial charge in [-0.1, -0.05) is 17.7 Å². The summed E-state index contributed by atoms with van der Waals surface area (Å²) in [7, 11) is 1.65. The Bertz CT molecular complexity index is 1120. The number of nitrogens with zero attached hydrogens (tertiary/aromatic N) is 3. The molecule has 1 fully saturated rings. The van der Waals surface area contributed by atoms with Crippen LogP contribution in [0.1, 0.15) is 33.6 Å². The second-order valence-corrected chi connectivity index (χ2v) is 9.95. The van der Waals surface area contributed by atoms with Gasteiger partial charge in [-0.25, -0.2) is 4.98 Å². The molecular weight excluding hydrogens is 458 g/mol. The minimum absolute atomic E-state index is 0.00795. The van der Waals surface area contributed by atoms with Crippen LogP contribution in [0.25, 0.3) is 10.9 Å². The van der Waals surface area contributed by atoms with Gasteiger partial charge in [0.2, 0.25) is 0 Å². The number of rotatable bonds is 8. The molecule has 0 unspecified atom stereocenters. The van der Waals surface area contributed by atoms with E-state index in [4.69, 9.17) is 21.3 Å². The van der Waals surface area contributed by atoms with Gasteiger partial charge in [-0.2, -0.15) is 0 Å². The minimum atomic E-state index is 0.00795. The molecule has 1 N–H and O–H groups in total. The van der Waals surface area contributed by atoms with Gasteiger partial charge in [-0.15, -0.1) is 11.3 Å². The molecule has 4 rings (SSSR count). The molecule has 0 spiro atoms. The van der Waals surface area contributed by atoms with Crippen molar-refractivity contribution in [2.24, 2.45) is 5.92 Å². The number of aliphatic hydroxyl groups excluding tert-OH is 1. The maximum atomic E-state index is 13.4. The standard InChI is InChI=1S/C25H30ClN3O3S/c1-17-7-11-33-23(17)25(31)29(9-10-32-2)15-20-12-19-5-6-21(26)13-22(19)27-24(20)28-8-3-4-18(14-28)16-30/h5-7,11-13,18,30H,3-4,8-10,14-16H2,1-2H3/t18-/m1/s1. The molecule has 1 saturated heterocycles. The first-order chi connectivity index (χ1) is 16.0. The maximum absolute atomic E-state index is 13.4. The average Bonchev–Trinajstić information content (AvgIpc) is 3.26. The van der Waals surface area contributed by atoms with Gasteiger partial charge in [0.05, 0.1) is 17.0 Å². The lowest BCUT2D eigenvalue weighted by atomic mass is 9.98. The topological polar surface area (TPSA) is 65.9 Å². The molecule has 1 aliphatic rings. The summed E-state index contributed by atoms with van der Waals surface area (Å²) < 4.78 is 5.31. The first kappa shape index (κ1) is 24.0. The summed E-state index contributed by atoms with van der Waals surface area (Å²) in [4.78, 5) is 23.3. The van der Waals surface area contributed by atoms with E-state index in [1.807, 2.05) is 41.5 Å². The third kappa shape index (κ3) is 5.49. The van der Waals surface area contributed by atoms with E-state index in [1.165, 1.54) is 11.3 Å². The number of benzene rings is 1. The molecule has 8 heteroatoms. The van der Waals surface area contributed by atoms with Gasteiger partial charge < -0.3 is 19.6 Å². The van der Waals surface area contributed by atoms with E-state index in [2.05, 4.69) is 11.0 Å². The predicted octanol–water partition coefficient (Wildman–Crippen LogP) is 4.76. The number of aliphatic hydroxyl groups is 1. The van der Waals surface area contributed by atoms with Crippen LogP contribution in [0, 0.1) is 12.8 Å². The average molecular weight is 488 g/mol. The molecule has 176 valence electrons. The Morgan fingerprint density at radius 3 is 2.94 bits per heavy atom. The van der Waals surface area contributed by atoms with E-state index in [9.17, 15) is 9.90 Å². The zero-order chi connectivity index (χ0) is 23.4. The van der Waals surface area contributed by atoms with E-state index in [1.54, 1.807) is 7.11 Å². The van der Waals surface area contributed by atoms with Crippen molar-refractivity contribution in [3.8, 4) is 0 Å². The molecule has 3 aromatic rings. The summed E-state index contributed by atoms with van der Waals surface area (Å²) in [6, 6.07) is 9.79. The van der Waals surface area contributed by atoms with E-state index in [0.717, 1.165) is 58.7 Å². The van der Waals surface area contributed by atoms with Crippen LogP contribution in [-0.4, -0.2) is 60.9 Å². The maximum Gasteiger partial charge on any atom is 0.264 e. The molecule has 0 radical (unpaired) electrons. The highest BCUT2D eigenvalue weighted by atomic mass is 35.5. The number of halogens is 1. The van der Waals surface area contributed by atoms with E-state index in [-0.39, 0.29) is 18.4 Å². The van der Waals surface area contributed by atoms with Crippen LogP contribution in [-0.2, 0) is 11.3 Å². The van der Waals surface area contributed by atoms with Crippen molar-refractivity contribution >= 4 is 45.6 Å². The van der Waals surface area contributed by atoms with Crippen molar-refractivity contribution in [3.63, 3.8) is 0 Å². The largest absolute Gasteiger partial charge is 0.396 e. The predicted molar refractivity (Wildman–Crippen MR) is 134 cm³/mol. The molecule has 0 saturated carbocycles. The van der Waals surface area contributed by atoms with Gasteiger partial charge in [0.1, 0.15) is 5.82 Å². The number of hydrogen-bond acceptors (Lipinski definition) is 6. The Labute approximate surface area is 203 Å². The zero-order valence-electron chi connectivity index (χ0n) is 19.1. The van der Waals surface area contributed by atoms with Crippen LogP contribution >= 0.6 is 22.9 Å². The number of anilines is 1. The molecule has 1 amide bonds. The summed E-state index contributed by atoms with van der Waals surface area (Å²) in [6.07, 6.45) is 2.01. The molecule has 3 heterocycles. The fourth-order valence-corrected chi connectivity index (χ4v) is 5.42. The van der Waals surface area contributed by atoms with E-state index >= 15 is 0 Å². The molecule has 2 aromatic heterocycles. The highest BCUT2D eigenvalue weighted by Gasteiger charge is 2.26. The van der Waals surface area contributed by atoms with Crippen LogP contribution in [0.4, 0.5) is 5.82 Å². The van der Waals surface area contributed by atoms with Crippen molar-refractivity contribution < 1.29 is 14.6 Å². The zero-order valence-corrected chi connectivity index (χ0v) is 20.7. The molecule has 1 aromatic carbocycles. The lowest BCUT2D eigenvalue weighted by molar-refractivity contribution is 0.0684. The van der Waals surface area contributed by atoms with E-state index in [0.29, 0.717) is 24.7 Å². The number of pyridine rings is 1. The highest BCUT2D eigenvalue weighted by Crippen LogP contribution is 2.30. The summed E-state index contributed by atoms with van der Waals surface area (Å²) in [5.41, 5.74) is 2.80. The number of thiophene rings is 1. The number of amides is 1. The number of ether oxygens (including phenoxy) is 1. The van der Waals surface area contributed by atoms with Gasteiger partial charge in [0.25, 0.3) is 5.91 Å². The van der Waals surface area contributed by atoms with Crippen LogP contribution < -0.4 is 4.90 Å². The second-order valence-electron chi connectivity index (χ2n) is 8.60. The first-order valence-corrected chi connectivity index (χ1v) is 12.5. The SMILES string of the molecule is COCCN(Cc1cc2ccc(Cl)cc2nc1N1CCC[C@@H](CO)C1)C(=O)c1sccc1C. The molecule has 33 heavy (non-hydrogen) atoms. The van der Waals surface area contributed by atoms with Crippen LogP contribution in [0.2, 0.25) is 5.02 Å². The van der Waals surface area contributed by atoms with Crippen LogP contribution in [0.5, 0.6) is 0 Å². The first-order valence-electron chi connectivity index (χ1n) is 11.3. The van der Waals surface area contributed by atoms with Crippen molar-refractivity contribution in [1.82, 2.24) is 9.88 Å². The van der Waals surface area contributed by atoms with Crippen LogP contribution in [0.15, 0.2) is 35.7 Å². The Hall–Kier alpha value is -2.19. The summed E-state index contributed by atoms with van der Waals surface area (Å²) >= 11 is 7.71. The smallest absolute Gasteiger partial charge is 0.264 e. The van der Waals surface area contributed by atoms with Crippen molar-refractivity contribution in [1.29, 1.82) is 0 Å². The number of carbonyl (C=O) groups excluding carboxylic acids is 1. The Kier molecular flexibility index (Phi) is 7.86. The fourth-order valence-electron chi connectivity index (χ4n) is 4.37. The van der Waals surface area contributed by atoms with Gasteiger partial charge in [-0.05, 0) is 60.9 Å². The van der Waals surface area contributed by atoms with Crippen LogP contribution in [0.3, 0.4) is 0 Å². The lowest BCUT2D eigenvalue weighted by Crippen LogP contribution is -2.39. The fraction of sp³-hybridized carbons (Fsp3) is 0.440. The normalized spacial score (nSPS) is 16.4. The third-order valence-corrected chi connectivity index (χ3v) is 7.42. The molecule has 6 nitrogen and oxygen atoms in total. The van der Waals surface area contributed by atoms with Gasteiger partial charge >= 0.3 is 0 Å². The summed E-state index contributed by atoms with van der Waals surface area (Å²) in [6.45, 7) is 5.13. The molecular formula is C25H30ClN3O3S. The molecule has 0 aliphatic carbocycles. The van der Waals surface area contributed by atoms with Gasteiger partial charge in [0, 0.05) is 55.9 Å². The Morgan fingerprint density at radius 1 is 1.36 bits per heavy atom. The quantitative estimate of drug-likeness (QED) is 0.496. The Morgan fingerprint density at radius 2 is 2.21 bits per heavy atom. The number of aryl methyl sites for hydroxylation is 1. The second kappa shape index (κ2) is 10.8. The lowest BCUT2D eigenvalue weighted by Gasteiger charge is -2.35. The van der Waals surface area contributed by atoms with Crippen molar-refractivity contribution in [3.05, 3.63) is 56.7 Å². The number of aromatic nitrogens is 1. The number of methoxy groups -OCH3 is 1. The number of fused-ring (bicyclic) bond motifs is 1. The van der Waals surface area contributed by atoms with Crippen molar-refractivity contribution in [2.75, 3.05) is 44.9 Å².